The van der Waals surface area contributed by atoms with Crippen molar-refractivity contribution in [3.8, 4) is 5.75 Å². The lowest BCUT2D eigenvalue weighted by atomic mass is 10.0. The molecule has 122 valence electrons. The highest BCUT2D eigenvalue weighted by Crippen LogP contribution is 2.25. The molecule has 0 aromatic heterocycles. The fourth-order valence-electron chi connectivity index (χ4n) is 2.42. The van der Waals surface area contributed by atoms with Crippen molar-refractivity contribution < 1.29 is 19.7 Å². The number of hydrogen-bond donors (Lipinski definition) is 3. The van der Waals surface area contributed by atoms with Gasteiger partial charge in [-0.25, -0.2) is 4.79 Å². The third kappa shape index (κ3) is 5.77. The van der Waals surface area contributed by atoms with Crippen LogP contribution in [0.4, 0.5) is 4.79 Å². The van der Waals surface area contributed by atoms with Crippen molar-refractivity contribution in [3.05, 3.63) is 29.8 Å². The molecule has 0 aliphatic carbocycles. The molecule has 1 aliphatic rings. The number of hydrogen-bond acceptors (Lipinski definition) is 4. The van der Waals surface area contributed by atoms with E-state index in [1.54, 1.807) is 0 Å². The minimum atomic E-state index is -1.07. The Kier molecular flexibility index (Phi) is 6.86. The van der Waals surface area contributed by atoms with Gasteiger partial charge in [0.1, 0.15) is 5.75 Å². The van der Waals surface area contributed by atoms with Crippen LogP contribution in [-0.4, -0.2) is 41.0 Å². The van der Waals surface area contributed by atoms with Crippen LogP contribution in [0.5, 0.6) is 5.75 Å². The summed E-state index contributed by atoms with van der Waals surface area (Å²) in [5, 5.41) is 20.9. The van der Waals surface area contributed by atoms with Gasteiger partial charge in [-0.2, -0.15) is 11.8 Å². The molecule has 1 amide bonds. The van der Waals surface area contributed by atoms with Crippen molar-refractivity contribution >= 4 is 17.9 Å². The highest BCUT2D eigenvalue weighted by atomic mass is 32.2. The van der Waals surface area contributed by atoms with Crippen LogP contribution < -0.4 is 10.1 Å². The number of amides is 1. The predicted octanol–water partition coefficient (Wildman–Crippen LogP) is 2.90. The van der Waals surface area contributed by atoms with Gasteiger partial charge in [0, 0.05) is 6.54 Å². The summed E-state index contributed by atoms with van der Waals surface area (Å²) in [6.45, 7) is 0.946. The first-order valence-electron chi connectivity index (χ1n) is 7.60. The highest BCUT2D eigenvalue weighted by Gasteiger charge is 2.15. The van der Waals surface area contributed by atoms with E-state index in [0.29, 0.717) is 12.3 Å². The zero-order valence-electron chi connectivity index (χ0n) is 12.5. The number of rotatable bonds is 7. The minimum Gasteiger partial charge on any atom is -0.493 e. The second kappa shape index (κ2) is 8.90. The molecule has 1 heterocycles. The summed E-state index contributed by atoms with van der Waals surface area (Å²) in [5.41, 5.74) is 0.754. The smallest absolute Gasteiger partial charge is 0.404 e. The number of aliphatic hydroxyl groups excluding tert-OH is 1. The average molecular weight is 325 g/mol. The number of benzene rings is 1. The summed E-state index contributed by atoms with van der Waals surface area (Å²) in [7, 11) is 0. The second-order valence-corrected chi connectivity index (χ2v) is 6.70. The largest absolute Gasteiger partial charge is 0.493 e. The Bertz CT molecular complexity index is 477. The first-order valence-corrected chi connectivity index (χ1v) is 8.76. The quantitative estimate of drug-likeness (QED) is 0.718. The van der Waals surface area contributed by atoms with Gasteiger partial charge in [0.2, 0.25) is 0 Å². The van der Waals surface area contributed by atoms with Crippen molar-refractivity contribution in [1.82, 2.24) is 5.32 Å². The molecule has 1 atom stereocenters. The van der Waals surface area contributed by atoms with E-state index in [0.717, 1.165) is 17.9 Å². The molecule has 0 radical (unpaired) electrons. The molecule has 1 aromatic carbocycles. The van der Waals surface area contributed by atoms with E-state index in [2.05, 4.69) is 5.32 Å². The number of aliphatic hydroxyl groups is 1. The SMILES string of the molecule is O=C(O)NCCC(O)c1cccc(OCC2CCSCC2)c1. The van der Waals surface area contributed by atoms with Crippen LogP contribution in [0.15, 0.2) is 24.3 Å². The van der Waals surface area contributed by atoms with Crippen molar-refractivity contribution in [2.75, 3.05) is 24.7 Å². The summed E-state index contributed by atoms with van der Waals surface area (Å²) in [6, 6.07) is 7.41. The van der Waals surface area contributed by atoms with E-state index in [1.165, 1.54) is 24.3 Å². The van der Waals surface area contributed by atoms with Crippen LogP contribution >= 0.6 is 11.8 Å². The summed E-state index contributed by atoms with van der Waals surface area (Å²) in [5.74, 6) is 3.81. The molecule has 1 aromatic rings. The molecule has 2 rings (SSSR count). The van der Waals surface area contributed by atoms with Gasteiger partial charge in [-0.1, -0.05) is 12.1 Å². The minimum absolute atomic E-state index is 0.224. The number of nitrogens with one attached hydrogen (secondary N) is 1. The van der Waals surface area contributed by atoms with Crippen LogP contribution in [0.3, 0.4) is 0 Å². The van der Waals surface area contributed by atoms with Gasteiger partial charge in [-0.05, 0) is 54.4 Å². The molecule has 5 nitrogen and oxygen atoms in total. The van der Waals surface area contributed by atoms with E-state index in [9.17, 15) is 9.90 Å². The van der Waals surface area contributed by atoms with E-state index in [4.69, 9.17) is 9.84 Å². The number of carboxylic acid groups (broad SMARTS) is 1. The maximum atomic E-state index is 10.4. The topological polar surface area (TPSA) is 78.8 Å². The second-order valence-electron chi connectivity index (χ2n) is 5.48. The average Bonchev–Trinajstić information content (AvgIpc) is 2.54. The van der Waals surface area contributed by atoms with Crippen molar-refractivity contribution in [2.24, 2.45) is 5.92 Å². The van der Waals surface area contributed by atoms with Crippen molar-refractivity contribution in [2.45, 2.75) is 25.4 Å². The monoisotopic (exact) mass is 325 g/mol. The first-order chi connectivity index (χ1) is 10.6. The van der Waals surface area contributed by atoms with Crippen molar-refractivity contribution in [3.63, 3.8) is 0 Å². The number of thioether (sulfide) groups is 1. The molecule has 1 unspecified atom stereocenters. The maximum Gasteiger partial charge on any atom is 0.404 e. The molecular formula is C16H23NO4S. The molecular weight excluding hydrogens is 302 g/mol. The zero-order valence-corrected chi connectivity index (χ0v) is 13.3. The van der Waals surface area contributed by atoms with Crippen LogP contribution in [0.2, 0.25) is 0 Å². The van der Waals surface area contributed by atoms with Crippen LogP contribution in [-0.2, 0) is 0 Å². The van der Waals surface area contributed by atoms with Gasteiger partial charge in [0.05, 0.1) is 12.7 Å². The van der Waals surface area contributed by atoms with Gasteiger partial charge >= 0.3 is 6.09 Å². The van der Waals surface area contributed by atoms with Gasteiger partial charge in [0.15, 0.2) is 0 Å². The summed E-state index contributed by atoms with van der Waals surface area (Å²) in [6.07, 6.45) is 0.980. The Balaban J connectivity index is 1.81. The molecule has 1 fully saturated rings. The Morgan fingerprint density at radius 3 is 2.91 bits per heavy atom. The molecule has 6 heteroatoms. The van der Waals surface area contributed by atoms with E-state index in [1.807, 2.05) is 36.0 Å². The fourth-order valence-corrected chi connectivity index (χ4v) is 3.63. The van der Waals surface area contributed by atoms with Crippen LogP contribution in [0.25, 0.3) is 0 Å². The van der Waals surface area contributed by atoms with Crippen molar-refractivity contribution in [1.29, 1.82) is 0 Å². The Labute approximate surface area is 135 Å². The van der Waals surface area contributed by atoms with Gasteiger partial charge in [0.25, 0.3) is 0 Å². The molecule has 0 saturated carbocycles. The molecule has 0 bridgehead atoms. The third-order valence-corrected chi connectivity index (χ3v) is 4.81. The maximum absolute atomic E-state index is 10.4. The summed E-state index contributed by atoms with van der Waals surface area (Å²) < 4.78 is 5.85. The molecule has 0 spiro atoms. The summed E-state index contributed by atoms with van der Waals surface area (Å²) in [4.78, 5) is 10.4. The predicted molar refractivity (Wildman–Crippen MR) is 87.6 cm³/mol. The standard InChI is InChI=1S/C16H23NO4S/c18-15(4-7-17-16(19)20)13-2-1-3-14(10-13)21-11-12-5-8-22-9-6-12/h1-3,10,12,15,17-18H,4-9,11H2,(H,19,20). The Morgan fingerprint density at radius 1 is 1.41 bits per heavy atom. The van der Waals surface area contributed by atoms with E-state index in [-0.39, 0.29) is 6.54 Å². The van der Waals surface area contributed by atoms with E-state index < -0.39 is 12.2 Å². The first kappa shape index (κ1) is 17.0. The highest BCUT2D eigenvalue weighted by molar-refractivity contribution is 7.99. The zero-order chi connectivity index (χ0) is 15.8. The molecule has 22 heavy (non-hydrogen) atoms. The molecule has 1 saturated heterocycles. The van der Waals surface area contributed by atoms with Crippen LogP contribution in [0.1, 0.15) is 30.9 Å². The van der Waals surface area contributed by atoms with Gasteiger partial charge < -0.3 is 20.3 Å². The summed E-state index contributed by atoms with van der Waals surface area (Å²) >= 11 is 2.00. The van der Waals surface area contributed by atoms with E-state index >= 15 is 0 Å². The molecule has 1 aliphatic heterocycles. The number of ether oxygens (including phenoxy) is 1. The fraction of sp³-hybridized carbons (Fsp3) is 0.562. The van der Waals surface area contributed by atoms with Gasteiger partial charge in [-0.3, -0.25) is 0 Å². The lowest BCUT2D eigenvalue weighted by molar-refractivity contribution is 0.161. The number of carbonyl (C=O) groups is 1. The van der Waals surface area contributed by atoms with Gasteiger partial charge in [-0.15, -0.1) is 0 Å². The lowest BCUT2D eigenvalue weighted by Crippen LogP contribution is -2.23. The normalized spacial score (nSPS) is 17.0. The van der Waals surface area contributed by atoms with Crippen LogP contribution in [0, 0.1) is 5.92 Å². The lowest BCUT2D eigenvalue weighted by Gasteiger charge is -2.21. The molecule has 3 N–H and O–H groups in total. The Morgan fingerprint density at radius 2 is 2.18 bits per heavy atom. The Hall–Kier alpha value is -1.40. The third-order valence-electron chi connectivity index (χ3n) is 3.76.